The minimum Gasteiger partial charge on any atom is -0.612 e. The maximum Gasteiger partial charge on any atom is 0.222 e. The smallest absolute Gasteiger partial charge is 0.222 e. The van der Waals surface area contributed by atoms with Crippen LogP contribution < -0.4 is 0 Å². The SMILES string of the molecule is [O-][N+]([O-])=C1C=CC(=CC=CC=CO)C=C1. The fourth-order valence-electron chi connectivity index (χ4n) is 0.988. The Kier molecular flexibility index (Phi) is 3.97. The second-order valence-corrected chi connectivity index (χ2v) is 2.74. The van der Waals surface area contributed by atoms with Crippen LogP contribution in [0.4, 0.5) is 0 Å². The Morgan fingerprint density at radius 3 is 2.20 bits per heavy atom. The molecule has 78 valence electrons. The summed E-state index contributed by atoms with van der Waals surface area (Å²) in [5.41, 5.74) is 0.939. The monoisotopic (exact) mass is 204 g/mol. The van der Waals surface area contributed by atoms with Crippen LogP contribution in [0.2, 0.25) is 0 Å². The quantitative estimate of drug-likeness (QED) is 0.324. The Morgan fingerprint density at radius 1 is 1.00 bits per heavy atom. The zero-order valence-corrected chi connectivity index (χ0v) is 7.91. The van der Waals surface area contributed by atoms with Crippen LogP contribution in [0.15, 0.2) is 60.4 Å². The third kappa shape index (κ3) is 3.56. The minimum absolute atomic E-state index is 0.0754. The second-order valence-electron chi connectivity index (χ2n) is 2.74. The van der Waals surface area contributed by atoms with E-state index >= 15 is 0 Å². The van der Waals surface area contributed by atoms with Crippen molar-refractivity contribution in [2.24, 2.45) is 0 Å². The molecule has 0 unspecified atom stereocenters. The first kappa shape index (κ1) is 10.8. The van der Waals surface area contributed by atoms with E-state index in [0.717, 1.165) is 11.8 Å². The van der Waals surface area contributed by atoms with Crippen molar-refractivity contribution in [1.29, 1.82) is 0 Å². The Hall–Kier alpha value is -2.23. The highest BCUT2D eigenvalue weighted by Gasteiger charge is 2.01. The van der Waals surface area contributed by atoms with E-state index in [0.29, 0.717) is 0 Å². The van der Waals surface area contributed by atoms with Crippen molar-refractivity contribution < 1.29 is 10.0 Å². The van der Waals surface area contributed by atoms with Gasteiger partial charge in [0.1, 0.15) is 0 Å². The van der Waals surface area contributed by atoms with Crippen molar-refractivity contribution in [1.82, 2.24) is 0 Å². The molecule has 0 aliphatic heterocycles. The lowest BCUT2D eigenvalue weighted by Gasteiger charge is -2.07. The second kappa shape index (κ2) is 5.49. The van der Waals surface area contributed by atoms with E-state index in [2.05, 4.69) is 0 Å². The molecule has 0 aromatic rings. The number of hydrogen-bond donors (Lipinski definition) is 1. The fraction of sp³-hybridized carbons (Fsp3) is 0. The minimum atomic E-state index is -0.436. The molecule has 1 N–H and O–H groups in total. The molecule has 4 nitrogen and oxygen atoms in total. The molecule has 0 spiro atoms. The highest BCUT2D eigenvalue weighted by molar-refractivity contribution is 6.02. The fourth-order valence-corrected chi connectivity index (χ4v) is 0.988. The van der Waals surface area contributed by atoms with Crippen molar-refractivity contribution in [2.45, 2.75) is 0 Å². The van der Waals surface area contributed by atoms with Gasteiger partial charge in [-0.1, -0.05) is 18.2 Å². The van der Waals surface area contributed by atoms with Gasteiger partial charge in [0.25, 0.3) is 0 Å². The molecule has 1 rings (SSSR count). The van der Waals surface area contributed by atoms with Crippen LogP contribution in [0.3, 0.4) is 0 Å². The average molecular weight is 204 g/mol. The zero-order chi connectivity index (χ0) is 11.1. The van der Waals surface area contributed by atoms with Gasteiger partial charge >= 0.3 is 0 Å². The first-order chi connectivity index (χ1) is 7.24. The van der Waals surface area contributed by atoms with E-state index < -0.39 is 4.90 Å². The average Bonchev–Trinajstić information content (AvgIpc) is 2.25. The number of allylic oxidation sites excluding steroid dienone is 9. The van der Waals surface area contributed by atoms with Crippen LogP contribution in [0.25, 0.3) is 0 Å². The van der Waals surface area contributed by atoms with E-state index in [1.54, 1.807) is 30.4 Å². The van der Waals surface area contributed by atoms with E-state index in [4.69, 9.17) is 5.11 Å². The van der Waals surface area contributed by atoms with Crippen molar-refractivity contribution in [3.05, 3.63) is 70.9 Å². The highest BCUT2D eigenvalue weighted by atomic mass is 16.8. The number of rotatable bonds is 2. The summed E-state index contributed by atoms with van der Waals surface area (Å²) in [6.07, 6.45) is 13.8. The Balaban J connectivity index is 2.69. The van der Waals surface area contributed by atoms with Crippen molar-refractivity contribution >= 4 is 5.71 Å². The predicted molar refractivity (Wildman–Crippen MR) is 59.3 cm³/mol. The first-order valence-electron chi connectivity index (χ1n) is 4.29. The van der Waals surface area contributed by atoms with Gasteiger partial charge in [0.05, 0.1) is 6.26 Å². The summed E-state index contributed by atoms with van der Waals surface area (Å²) in [6.45, 7) is 0. The number of aliphatic hydroxyl groups is 1. The largest absolute Gasteiger partial charge is 0.612 e. The predicted octanol–water partition coefficient (Wildman–Crippen LogP) is 2.12. The van der Waals surface area contributed by atoms with Gasteiger partial charge in [-0.3, -0.25) is 0 Å². The van der Waals surface area contributed by atoms with E-state index in [-0.39, 0.29) is 5.71 Å². The molecule has 0 fully saturated rings. The van der Waals surface area contributed by atoms with E-state index in [1.165, 1.54) is 18.2 Å². The summed E-state index contributed by atoms with van der Waals surface area (Å²) in [5, 5.41) is 29.1. The molecule has 0 radical (unpaired) electrons. The van der Waals surface area contributed by atoms with Gasteiger partial charge in [-0.15, -0.1) is 0 Å². The maximum atomic E-state index is 10.4. The van der Waals surface area contributed by atoms with Crippen molar-refractivity contribution in [3.63, 3.8) is 0 Å². The van der Waals surface area contributed by atoms with Gasteiger partial charge in [0, 0.05) is 12.2 Å². The van der Waals surface area contributed by atoms with Gasteiger partial charge in [-0.2, -0.15) is 4.90 Å². The molecule has 0 saturated carbocycles. The van der Waals surface area contributed by atoms with Gasteiger partial charge in [-0.05, 0) is 23.8 Å². The van der Waals surface area contributed by atoms with Crippen LogP contribution in [-0.2, 0) is 0 Å². The van der Waals surface area contributed by atoms with Crippen LogP contribution in [-0.4, -0.2) is 15.7 Å². The highest BCUT2D eigenvalue weighted by Crippen LogP contribution is 2.06. The molecular weight excluding hydrogens is 194 g/mol. The van der Waals surface area contributed by atoms with E-state index in [9.17, 15) is 10.4 Å². The third-order valence-corrected chi connectivity index (χ3v) is 1.70. The number of hydrogen-bond acceptors (Lipinski definition) is 3. The Bertz CT molecular complexity index is 376. The van der Waals surface area contributed by atoms with Crippen LogP contribution in [0.1, 0.15) is 0 Å². The zero-order valence-electron chi connectivity index (χ0n) is 7.91. The van der Waals surface area contributed by atoms with Gasteiger partial charge in [0.2, 0.25) is 5.71 Å². The number of nitrogens with zero attached hydrogens (tertiary/aromatic N) is 1. The Morgan fingerprint density at radius 2 is 1.67 bits per heavy atom. The summed E-state index contributed by atoms with van der Waals surface area (Å²) >= 11 is 0. The molecular formula is C11H10NO3-. The summed E-state index contributed by atoms with van der Waals surface area (Å²) in [4.78, 5) is -0.436. The molecule has 1 aliphatic carbocycles. The van der Waals surface area contributed by atoms with Crippen molar-refractivity contribution in [3.8, 4) is 0 Å². The Labute approximate surface area is 87.3 Å². The first-order valence-corrected chi connectivity index (χ1v) is 4.29. The summed E-state index contributed by atoms with van der Waals surface area (Å²) in [6, 6.07) is 0. The molecule has 1 aliphatic rings. The molecule has 0 amide bonds. The lowest BCUT2D eigenvalue weighted by atomic mass is 10.1. The molecule has 0 bridgehead atoms. The summed E-state index contributed by atoms with van der Waals surface area (Å²) in [5.74, 6) is 0. The van der Waals surface area contributed by atoms with Crippen molar-refractivity contribution in [2.75, 3.05) is 0 Å². The molecule has 0 aromatic carbocycles. The van der Waals surface area contributed by atoms with Crippen LogP contribution >= 0.6 is 0 Å². The van der Waals surface area contributed by atoms with E-state index in [1.807, 2.05) is 0 Å². The lowest BCUT2D eigenvalue weighted by Crippen LogP contribution is -2.06. The molecule has 4 heteroatoms. The topological polar surface area (TPSA) is 69.4 Å². The summed E-state index contributed by atoms with van der Waals surface area (Å²) in [7, 11) is 0. The summed E-state index contributed by atoms with van der Waals surface area (Å²) < 4.78 is 0. The van der Waals surface area contributed by atoms with Gasteiger partial charge < -0.3 is 15.5 Å². The van der Waals surface area contributed by atoms with Gasteiger partial charge in [0.15, 0.2) is 0 Å². The lowest BCUT2D eigenvalue weighted by molar-refractivity contribution is -0.377. The molecule has 0 aromatic heterocycles. The molecule has 0 heterocycles. The standard InChI is InChI=1S/C11H10NO3/c13-9-3-1-2-4-10-5-7-11(8-6-10)12(14)15/h1-9H,(H-,13,14,15)/q-1. The van der Waals surface area contributed by atoms with Crippen LogP contribution in [0, 0.1) is 10.4 Å². The maximum absolute atomic E-state index is 10.4. The third-order valence-electron chi connectivity index (χ3n) is 1.70. The molecule has 0 atom stereocenters. The van der Waals surface area contributed by atoms with Crippen LogP contribution in [0.5, 0.6) is 0 Å². The molecule has 15 heavy (non-hydrogen) atoms. The van der Waals surface area contributed by atoms with Gasteiger partial charge in [-0.25, -0.2) is 0 Å². The number of aliphatic hydroxyl groups excluding tert-OH is 1. The molecule has 0 saturated heterocycles. The normalized spacial score (nSPS) is 15.5.